The van der Waals surface area contributed by atoms with Gasteiger partial charge in [-0.15, -0.1) is 0 Å². The highest BCUT2D eigenvalue weighted by Crippen LogP contribution is 2.45. The molecule has 2 aromatic carbocycles. The Morgan fingerprint density at radius 1 is 1.00 bits per heavy atom. The fourth-order valence-corrected chi connectivity index (χ4v) is 3.45. The summed E-state index contributed by atoms with van der Waals surface area (Å²) in [5.74, 6) is -8.21. The van der Waals surface area contributed by atoms with E-state index in [0.29, 0.717) is 18.2 Å². The Labute approximate surface area is 196 Å². The first-order chi connectivity index (χ1) is 16.3. The molecule has 0 heterocycles. The summed E-state index contributed by atoms with van der Waals surface area (Å²) in [5.41, 5.74) is -1.85. The lowest BCUT2D eigenvalue weighted by Gasteiger charge is -2.22. The topological polar surface area (TPSA) is 81.7 Å². The van der Waals surface area contributed by atoms with E-state index in [2.05, 4.69) is 5.32 Å². The first-order valence-corrected chi connectivity index (χ1v) is 10.6. The van der Waals surface area contributed by atoms with Gasteiger partial charge >= 0.3 is 12.1 Å². The predicted molar refractivity (Wildman–Crippen MR) is 113 cm³/mol. The average molecular weight is 519 g/mol. The molecule has 0 aromatic heterocycles. The Bertz CT molecular complexity index is 1350. The molecule has 35 heavy (non-hydrogen) atoms. The van der Waals surface area contributed by atoms with Gasteiger partial charge in [0.25, 0.3) is 5.91 Å². The number of nitrogens with one attached hydrogen (secondary N) is 1. The number of alkyl halides is 5. The molecule has 0 unspecified atom stereocenters. The summed E-state index contributed by atoms with van der Waals surface area (Å²) in [7, 11) is -1.42. The minimum atomic E-state index is -5.93. The third kappa shape index (κ3) is 5.67. The summed E-state index contributed by atoms with van der Waals surface area (Å²) in [6.45, 7) is 0. The molecule has 3 rings (SSSR count). The molecule has 0 bridgehead atoms. The summed E-state index contributed by atoms with van der Waals surface area (Å²) >= 11 is 0. The molecule has 1 aliphatic rings. The number of rotatable bonds is 6. The van der Waals surface area contributed by atoms with E-state index < -0.39 is 51.0 Å². The fourth-order valence-electron chi connectivity index (χ4n) is 2.99. The largest absolute Gasteiger partial charge is 0.493 e. The molecule has 0 fully saturated rings. The molecule has 2 aromatic rings. The van der Waals surface area contributed by atoms with Gasteiger partial charge in [-0.2, -0.15) is 30.4 Å². The van der Waals surface area contributed by atoms with Crippen LogP contribution in [0.4, 0.5) is 26.3 Å². The molecule has 186 valence electrons. The van der Waals surface area contributed by atoms with E-state index in [4.69, 9.17) is 9.47 Å². The highest BCUT2D eigenvalue weighted by molar-refractivity contribution is 7.73. The average Bonchev–Trinajstić information content (AvgIpc) is 2.79. The van der Waals surface area contributed by atoms with Gasteiger partial charge in [0.1, 0.15) is 11.6 Å². The number of carbonyl (C=O) groups excluding carboxylic acids is 1. The Balaban J connectivity index is 2.05. The smallest absolute Gasteiger partial charge is 0.458 e. The number of halogens is 6. The molecular weight excluding hydrogens is 504 g/mol. The number of allylic oxidation sites excluding steroid dienone is 4. The fraction of sp³-hybridized carbons (Fsp3) is 0.182. The van der Waals surface area contributed by atoms with Gasteiger partial charge in [-0.3, -0.25) is 4.79 Å². The van der Waals surface area contributed by atoms with Crippen LogP contribution in [0.5, 0.6) is 17.2 Å². The van der Waals surface area contributed by atoms with Crippen molar-refractivity contribution < 1.29 is 49.0 Å². The molecule has 0 spiro atoms. The Morgan fingerprint density at radius 3 is 2.34 bits per heavy atom. The lowest BCUT2D eigenvalue weighted by atomic mass is 10.0. The van der Waals surface area contributed by atoms with Gasteiger partial charge in [0.15, 0.2) is 11.5 Å². The maximum absolute atomic E-state index is 14.0. The Morgan fingerprint density at radius 2 is 1.71 bits per heavy atom. The molecule has 0 atom stereocenters. The van der Waals surface area contributed by atoms with Gasteiger partial charge < -0.3 is 14.8 Å². The van der Waals surface area contributed by atoms with Crippen molar-refractivity contribution in [1.82, 2.24) is 5.32 Å². The number of carbonyl (C=O) groups is 1. The van der Waals surface area contributed by atoms with Crippen LogP contribution in [-0.4, -0.2) is 32.5 Å². The Hall–Kier alpha value is -3.74. The van der Waals surface area contributed by atoms with Crippen molar-refractivity contribution >= 4 is 21.1 Å². The zero-order valence-corrected chi connectivity index (χ0v) is 18.4. The minimum absolute atomic E-state index is 0.0458. The van der Waals surface area contributed by atoms with Crippen LogP contribution in [0.2, 0.25) is 0 Å². The van der Waals surface area contributed by atoms with E-state index in [-0.39, 0.29) is 28.5 Å². The van der Waals surface area contributed by atoms with Gasteiger partial charge in [-0.25, -0.2) is 4.39 Å². The van der Waals surface area contributed by atoms with Crippen LogP contribution >= 0.6 is 0 Å². The number of hydrogen-bond acceptors (Lipinski definition) is 5. The van der Waals surface area contributed by atoms with Crippen molar-refractivity contribution in [2.45, 2.75) is 18.5 Å². The second-order valence-corrected chi connectivity index (χ2v) is 8.06. The number of ether oxygens (including phenoxy) is 2. The van der Waals surface area contributed by atoms with Gasteiger partial charge in [-0.1, -0.05) is 12.1 Å². The highest BCUT2D eigenvalue weighted by Gasteiger charge is 2.58. The van der Waals surface area contributed by atoms with Gasteiger partial charge in [-0.05, 0) is 36.4 Å². The maximum Gasteiger partial charge on any atom is 0.458 e. The molecular formula is C22H15F6NO5S. The van der Waals surface area contributed by atoms with Crippen LogP contribution in [0.3, 0.4) is 0 Å². The maximum atomic E-state index is 14.0. The first kappa shape index (κ1) is 25.9. The van der Waals surface area contributed by atoms with Gasteiger partial charge in [0.2, 0.25) is 10.3 Å². The molecule has 13 heteroatoms. The zero-order valence-electron chi connectivity index (χ0n) is 17.6. The van der Waals surface area contributed by atoms with E-state index in [1.165, 1.54) is 18.2 Å². The summed E-state index contributed by atoms with van der Waals surface area (Å²) in [6, 6.07) is 4.28. The summed E-state index contributed by atoms with van der Waals surface area (Å²) in [4.78, 5) is 12.8. The minimum Gasteiger partial charge on any atom is -0.493 e. The standard InChI is InChI=1S/C22H15F6NO5S/c1-33-19-10-13(23)6-8-17(19)34-18-9-12(21(24,25)22(26,27)28)5-7-16(18)20(30)29-14-3-2-4-15(11-14)35(31)32/h2-10H,11H2,1H3,(H,29,30). The molecule has 6 nitrogen and oxygen atoms in total. The van der Waals surface area contributed by atoms with Crippen molar-refractivity contribution in [2.24, 2.45) is 0 Å². The molecule has 1 N–H and O–H groups in total. The van der Waals surface area contributed by atoms with Crippen LogP contribution in [0.15, 0.2) is 60.3 Å². The van der Waals surface area contributed by atoms with Crippen LogP contribution in [0.1, 0.15) is 22.3 Å². The number of benzene rings is 2. The molecule has 0 radical (unpaired) electrons. The van der Waals surface area contributed by atoms with Crippen molar-refractivity contribution in [3.63, 3.8) is 0 Å². The second-order valence-electron chi connectivity index (χ2n) is 7.06. The molecule has 0 aliphatic heterocycles. The van der Waals surface area contributed by atoms with Gasteiger partial charge in [0, 0.05) is 23.7 Å². The third-order valence-electron chi connectivity index (χ3n) is 4.72. The molecule has 0 saturated heterocycles. The van der Waals surface area contributed by atoms with E-state index in [1.54, 1.807) is 0 Å². The molecule has 0 saturated carbocycles. The normalized spacial score (nSPS) is 13.8. The van der Waals surface area contributed by atoms with Crippen LogP contribution < -0.4 is 14.8 Å². The number of hydrogen-bond donors (Lipinski definition) is 1. The predicted octanol–water partition coefficient (Wildman–Crippen LogP) is 4.91. The van der Waals surface area contributed by atoms with Crippen LogP contribution in [-0.2, 0) is 16.2 Å². The first-order valence-electron chi connectivity index (χ1n) is 9.57. The SMILES string of the molecule is COc1cc(F)ccc1Oc1cc(C(F)(F)C(F)(F)F)ccc1C(=O)NC1=CC=CC(=S(=O)=O)C1. The lowest BCUT2D eigenvalue weighted by molar-refractivity contribution is -0.289. The number of amides is 1. The summed E-state index contributed by atoms with van der Waals surface area (Å²) in [5, 5.41) is 2.37. The lowest BCUT2D eigenvalue weighted by Crippen LogP contribution is -2.33. The highest BCUT2D eigenvalue weighted by atomic mass is 32.2. The number of methoxy groups -OCH3 is 1. The van der Waals surface area contributed by atoms with Crippen molar-refractivity contribution in [1.29, 1.82) is 0 Å². The van der Waals surface area contributed by atoms with Gasteiger partial charge in [0.05, 0.1) is 17.5 Å². The quantitative estimate of drug-likeness (QED) is 0.434. The third-order valence-corrected chi connectivity index (χ3v) is 5.43. The molecule has 1 aliphatic carbocycles. The van der Waals surface area contributed by atoms with E-state index in [1.807, 2.05) is 0 Å². The van der Waals surface area contributed by atoms with Crippen molar-refractivity contribution in [2.75, 3.05) is 7.11 Å². The van der Waals surface area contributed by atoms with Crippen LogP contribution in [0, 0.1) is 5.82 Å². The van der Waals surface area contributed by atoms with E-state index in [9.17, 15) is 39.6 Å². The molecule has 1 amide bonds. The Kier molecular flexibility index (Phi) is 7.29. The summed E-state index contributed by atoms with van der Waals surface area (Å²) in [6.07, 6.45) is -2.10. The van der Waals surface area contributed by atoms with Crippen LogP contribution in [0.25, 0.3) is 0 Å². The second kappa shape index (κ2) is 9.86. The summed E-state index contributed by atoms with van der Waals surface area (Å²) < 4.78 is 113. The van der Waals surface area contributed by atoms with Crippen molar-refractivity contribution in [3.8, 4) is 17.2 Å². The zero-order chi connectivity index (χ0) is 26.0. The van der Waals surface area contributed by atoms with E-state index in [0.717, 1.165) is 25.3 Å². The monoisotopic (exact) mass is 519 g/mol. The van der Waals surface area contributed by atoms with E-state index >= 15 is 0 Å². The van der Waals surface area contributed by atoms with Crippen molar-refractivity contribution in [3.05, 3.63) is 77.3 Å².